The first-order valence-corrected chi connectivity index (χ1v) is 9.40. The normalized spacial score (nSPS) is 11.0. The minimum Gasteiger partial charge on any atom is -0.460 e. The topological polar surface area (TPSA) is 85.2 Å². The minimum atomic E-state index is -0.539. The van der Waals surface area contributed by atoms with Crippen molar-refractivity contribution in [2.45, 2.75) is 26.9 Å². The lowest BCUT2D eigenvalue weighted by atomic mass is 9.99. The van der Waals surface area contributed by atoms with Gasteiger partial charge in [-0.05, 0) is 35.6 Å². The average molecular weight is 388 g/mol. The molecule has 2 aromatic heterocycles. The number of nitrogens with zero attached hydrogens (tertiary/aromatic N) is 1. The van der Waals surface area contributed by atoms with E-state index < -0.39 is 11.2 Å². The van der Waals surface area contributed by atoms with Crippen LogP contribution in [0.1, 0.15) is 23.6 Å². The molecule has 1 N–H and O–H groups in total. The fourth-order valence-corrected chi connectivity index (χ4v) is 3.36. The van der Waals surface area contributed by atoms with Crippen LogP contribution in [-0.2, 0) is 13.0 Å². The molecule has 0 atom stereocenters. The smallest absolute Gasteiger partial charge is 0.337 e. The Kier molecular flexibility index (Phi) is 4.99. The third-order valence-corrected chi connectivity index (χ3v) is 4.77. The zero-order valence-electron chi connectivity index (χ0n) is 16.2. The second-order valence-corrected chi connectivity index (χ2v) is 6.81. The molecule has 0 bridgehead atoms. The van der Waals surface area contributed by atoms with E-state index in [9.17, 15) is 9.59 Å². The monoisotopic (exact) mass is 388 g/mol. The molecule has 0 aliphatic heterocycles. The van der Waals surface area contributed by atoms with Crippen molar-refractivity contribution >= 4 is 11.1 Å². The van der Waals surface area contributed by atoms with Crippen LogP contribution in [0, 0.1) is 6.92 Å². The van der Waals surface area contributed by atoms with E-state index >= 15 is 0 Å². The summed E-state index contributed by atoms with van der Waals surface area (Å²) in [6.07, 6.45) is 0.525. The minimum absolute atomic E-state index is 0.0120. The van der Waals surface area contributed by atoms with Crippen molar-refractivity contribution < 1.29 is 9.15 Å². The summed E-state index contributed by atoms with van der Waals surface area (Å²) in [5.41, 5.74) is 3.90. The SMILES string of the molecule is CCc1cc(=O)oc2nc(OCc3ccccc3-c3cccc(C)c3)[nH]c(=O)c12. The summed E-state index contributed by atoms with van der Waals surface area (Å²) in [5, 5.41) is 0.277. The van der Waals surface area contributed by atoms with Gasteiger partial charge in [-0.1, -0.05) is 61.0 Å². The highest BCUT2D eigenvalue weighted by Gasteiger charge is 2.13. The van der Waals surface area contributed by atoms with E-state index in [-0.39, 0.29) is 23.7 Å². The predicted molar refractivity (Wildman–Crippen MR) is 111 cm³/mol. The lowest BCUT2D eigenvalue weighted by molar-refractivity contribution is 0.280. The summed E-state index contributed by atoms with van der Waals surface area (Å²) in [6, 6.07) is 17.4. The Morgan fingerprint density at radius 1 is 1.03 bits per heavy atom. The summed E-state index contributed by atoms with van der Waals surface area (Å²) in [7, 11) is 0. The molecule has 0 saturated carbocycles. The van der Waals surface area contributed by atoms with Crippen molar-refractivity contribution in [3.8, 4) is 17.1 Å². The van der Waals surface area contributed by atoms with Gasteiger partial charge in [0.1, 0.15) is 12.0 Å². The number of nitrogens with one attached hydrogen (secondary N) is 1. The molecule has 6 heteroatoms. The van der Waals surface area contributed by atoms with Crippen molar-refractivity contribution in [3.63, 3.8) is 0 Å². The molecular weight excluding hydrogens is 368 g/mol. The number of benzene rings is 2. The number of aryl methyl sites for hydroxylation is 2. The molecule has 4 rings (SSSR count). The van der Waals surface area contributed by atoms with Crippen LogP contribution in [0.25, 0.3) is 22.2 Å². The van der Waals surface area contributed by atoms with Gasteiger partial charge in [-0.25, -0.2) is 4.79 Å². The quantitative estimate of drug-likeness (QED) is 0.559. The van der Waals surface area contributed by atoms with Crippen LogP contribution in [0.5, 0.6) is 6.01 Å². The number of H-pyrrole nitrogens is 1. The van der Waals surface area contributed by atoms with Crippen molar-refractivity contribution in [1.29, 1.82) is 0 Å². The van der Waals surface area contributed by atoms with Crippen molar-refractivity contribution in [3.05, 3.63) is 92.1 Å². The van der Waals surface area contributed by atoms with Gasteiger partial charge in [0.15, 0.2) is 0 Å². The molecule has 0 saturated heterocycles. The van der Waals surface area contributed by atoms with E-state index in [1.807, 2.05) is 56.3 Å². The van der Waals surface area contributed by atoms with E-state index in [0.29, 0.717) is 12.0 Å². The molecule has 0 amide bonds. The number of aromatic nitrogens is 2. The third kappa shape index (κ3) is 3.82. The average Bonchev–Trinajstić information content (AvgIpc) is 2.71. The fourth-order valence-electron chi connectivity index (χ4n) is 3.36. The lowest BCUT2D eigenvalue weighted by Gasteiger charge is -2.11. The second kappa shape index (κ2) is 7.75. The molecule has 2 aromatic carbocycles. The van der Waals surface area contributed by atoms with Gasteiger partial charge in [-0.3, -0.25) is 9.78 Å². The van der Waals surface area contributed by atoms with E-state index in [0.717, 1.165) is 16.7 Å². The number of ether oxygens (including phenoxy) is 1. The summed E-state index contributed by atoms with van der Waals surface area (Å²) in [6.45, 7) is 4.11. The third-order valence-electron chi connectivity index (χ3n) is 4.77. The Morgan fingerprint density at radius 2 is 1.86 bits per heavy atom. The van der Waals surface area contributed by atoms with Crippen molar-refractivity contribution in [1.82, 2.24) is 9.97 Å². The van der Waals surface area contributed by atoms with E-state index in [2.05, 4.69) is 16.0 Å². The largest absolute Gasteiger partial charge is 0.460 e. The van der Waals surface area contributed by atoms with Gasteiger partial charge in [0, 0.05) is 6.07 Å². The van der Waals surface area contributed by atoms with Crippen LogP contribution in [-0.4, -0.2) is 9.97 Å². The highest BCUT2D eigenvalue weighted by Crippen LogP contribution is 2.25. The van der Waals surface area contributed by atoms with E-state index in [4.69, 9.17) is 9.15 Å². The Morgan fingerprint density at radius 3 is 2.66 bits per heavy atom. The predicted octanol–water partition coefficient (Wildman–Crippen LogP) is 3.99. The van der Waals surface area contributed by atoms with Gasteiger partial charge in [-0.2, -0.15) is 4.98 Å². The Bertz CT molecular complexity index is 1300. The van der Waals surface area contributed by atoms with Gasteiger partial charge in [0.2, 0.25) is 5.71 Å². The van der Waals surface area contributed by atoms with Crippen LogP contribution in [0.15, 0.2) is 68.6 Å². The molecule has 0 radical (unpaired) electrons. The zero-order valence-corrected chi connectivity index (χ0v) is 16.2. The molecule has 2 heterocycles. The first-order chi connectivity index (χ1) is 14.0. The maximum absolute atomic E-state index is 12.5. The second-order valence-electron chi connectivity index (χ2n) is 6.81. The summed E-state index contributed by atoms with van der Waals surface area (Å²) >= 11 is 0. The zero-order chi connectivity index (χ0) is 20.4. The molecule has 0 aliphatic rings. The maximum Gasteiger partial charge on any atom is 0.337 e. The summed E-state index contributed by atoms with van der Waals surface area (Å²) < 4.78 is 10.9. The van der Waals surface area contributed by atoms with Gasteiger partial charge >= 0.3 is 5.63 Å². The number of aromatic amines is 1. The lowest BCUT2D eigenvalue weighted by Crippen LogP contribution is -2.15. The molecule has 0 spiro atoms. The Labute approximate surface area is 166 Å². The molecule has 0 fully saturated rings. The van der Waals surface area contributed by atoms with E-state index in [1.54, 1.807) is 0 Å². The van der Waals surface area contributed by atoms with Crippen molar-refractivity contribution in [2.75, 3.05) is 0 Å². The highest BCUT2D eigenvalue weighted by atomic mass is 16.5. The summed E-state index contributed by atoms with van der Waals surface area (Å²) in [4.78, 5) is 31.0. The molecule has 6 nitrogen and oxygen atoms in total. The fraction of sp³-hybridized carbons (Fsp3) is 0.174. The van der Waals surface area contributed by atoms with Gasteiger partial charge in [-0.15, -0.1) is 0 Å². The molecular formula is C23H20N2O4. The van der Waals surface area contributed by atoms with Crippen molar-refractivity contribution in [2.24, 2.45) is 0 Å². The van der Waals surface area contributed by atoms with E-state index in [1.165, 1.54) is 11.6 Å². The maximum atomic E-state index is 12.5. The molecule has 4 aromatic rings. The Hall–Kier alpha value is -3.67. The van der Waals surface area contributed by atoms with Crippen LogP contribution in [0.4, 0.5) is 0 Å². The molecule has 0 unspecified atom stereocenters. The molecule has 0 aliphatic carbocycles. The number of rotatable bonds is 5. The van der Waals surface area contributed by atoms with Crippen LogP contribution in [0.2, 0.25) is 0 Å². The van der Waals surface area contributed by atoms with Crippen LogP contribution >= 0.6 is 0 Å². The standard InChI is InChI=1S/C23H20N2O4/c1-3-15-12-19(26)29-22-20(15)21(27)24-23(25-22)28-13-17-8-4-5-10-18(17)16-9-6-7-14(2)11-16/h4-12H,3,13H2,1-2H3,(H,24,25,27). The number of hydrogen-bond donors (Lipinski definition) is 1. The molecule has 29 heavy (non-hydrogen) atoms. The van der Waals surface area contributed by atoms with Gasteiger partial charge in [0.25, 0.3) is 11.6 Å². The van der Waals surface area contributed by atoms with Crippen LogP contribution < -0.4 is 15.9 Å². The van der Waals surface area contributed by atoms with Gasteiger partial charge in [0.05, 0.1) is 0 Å². The van der Waals surface area contributed by atoms with Gasteiger partial charge < -0.3 is 9.15 Å². The summed E-state index contributed by atoms with van der Waals surface area (Å²) in [5.74, 6) is 0. The van der Waals surface area contributed by atoms with Crippen LogP contribution in [0.3, 0.4) is 0 Å². The first-order valence-electron chi connectivity index (χ1n) is 9.40. The number of hydrogen-bond acceptors (Lipinski definition) is 5. The first kappa shape index (κ1) is 18.7. The molecule has 146 valence electrons. The number of fused-ring (bicyclic) bond motifs is 1. The Balaban J connectivity index is 1.68. The highest BCUT2D eigenvalue weighted by molar-refractivity contribution is 5.75.